The molecule has 1 aromatic rings. The van der Waals surface area contributed by atoms with Crippen molar-refractivity contribution in [1.29, 1.82) is 0 Å². The first-order chi connectivity index (χ1) is 4.33. The standard InChI is InChI=1S/C8H8O/c1-7-3-2-4-8(5-7)6-9/h1-5,9H,6H2. The summed E-state index contributed by atoms with van der Waals surface area (Å²) in [6, 6.07) is 7.19. The minimum atomic E-state index is 0.0606. The van der Waals surface area contributed by atoms with Crippen LogP contribution in [-0.2, 0) is 6.61 Å². The van der Waals surface area contributed by atoms with Gasteiger partial charge in [0, 0.05) is 0 Å². The second-order valence-corrected chi connectivity index (χ2v) is 1.90. The molecule has 1 rings (SSSR count). The molecule has 46 valence electrons. The Morgan fingerprint density at radius 2 is 2.22 bits per heavy atom. The zero-order valence-corrected chi connectivity index (χ0v) is 5.04. The van der Waals surface area contributed by atoms with Crippen molar-refractivity contribution in [2.75, 3.05) is 0 Å². The topological polar surface area (TPSA) is 20.2 Å². The third-order valence-electron chi connectivity index (χ3n) is 1.13. The van der Waals surface area contributed by atoms with E-state index in [0.717, 1.165) is 5.56 Å². The van der Waals surface area contributed by atoms with Crippen LogP contribution in [0.3, 0.4) is 0 Å². The summed E-state index contributed by atoms with van der Waals surface area (Å²) < 4.78 is 0. The Bertz CT molecular complexity index is 194. The highest BCUT2D eigenvalue weighted by Gasteiger charge is 1.87. The Morgan fingerprint density at radius 1 is 1.44 bits per heavy atom. The van der Waals surface area contributed by atoms with Crippen LogP contribution in [0.1, 0.15) is 11.1 Å². The highest BCUT2D eigenvalue weighted by molar-refractivity contribution is 5.24. The number of aliphatic hydroxyl groups excluding tert-OH is 1. The van der Waals surface area contributed by atoms with Crippen molar-refractivity contribution in [2.24, 2.45) is 0 Å². The van der Waals surface area contributed by atoms with Crippen molar-refractivity contribution in [3.05, 3.63) is 42.3 Å². The fraction of sp³-hybridized carbons (Fsp3) is 0.125. The SMILES string of the molecule is [CH]c1cccc(CO)c1. The fourth-order valence-corrected chi connectivity index (χ4v) is 0.691. The molecule has 1 aromatic carbocycles. The first kappa shape index (κ1) is 6.30. The van der Waals surface area contributed by atoms with Crippen LogP contribution in [0, 0.1) is 6.92 Å². The van der Waals surface area contributed by atoms with Gasteiger partial charge in [0.15, 0.2) is 0 Å². The summed E-state index contributed by atoms with van der Waals surface area (Å²) in [6.45, 7) is 5.48. The molecular weight excluding hydrogens is 112 g/mol. The fourth-order valence-electron chi connectivity index (χ4n) is 0.691. The summed E-state index contributed by atoms with van der Waals surface area (Å²) >= 11 is 0. The smallest absolute Gasteiger partial charge is 0.0681 e. The molecule has 0 aromatic heterocycles. The van der Waals surface area contributed by atoms with Gasteiger partial charge in [0.25, 0.3) is 0 Å². The molecule has 0 saturated heterocycles. The van der Waals surface area contributed by atoms with Gasteiger partial charge in [-0.25, -0.2) is 0 Å². The molecule has 0 aliphatic heterocycles. The molecule has 0 atom stereocenters. The summed E-state index contributed by atoms with van der Waals surface area (Å²) in [5, 5.41) is 8.61. The molecule has 1 N–H and O–H groups in total. The van der Waals surface area contributed by atoms with E-state index < -0.39 is 0 Å². The molecule has 0 unspecified atom stereocenters. The lowest BCUT2D eigenvalue weighted by Crippen LogP contribution is -1.81. The molecule has 0 fully saturated rings. The normalized spacial score (nSPS) is 9.56. The van der Waals surface area contributed by atoms with Crippen molar-refractivity contribution in [2.45, 2.75) is 6.61 Å². The summed E-state index contributed by atoms with van der Waals surface area (Å²) in [4.78, 5) is 0. The van der Waals surface area contributed by atoms with Crippen molar-refractivity contribution in [3.63, 3.8) is 0 Å². The van der Waals surface area contributed by atoms with Crippen LogP contribution in [0.5, 0.6) is 0 Å². The lowest BCUT2D eigenvalue weighted by molar-refractivity contribution is 0.282. The van der Waals surface area contributed by atoms with Gasteiger partial charge in [0.2, 0.25) is 0 Å². The molecule has 0 aliphatic carbocycles. The molecule has 0 heterocycles. The van der Waals surface area contributed by atoms with Gasteiger partial charge >= 0.3 is 0 Å². The van der Waals surface area contributed by atoms with E-state index in [0.29, 0.717) is 5.56 Å². The first-order valence-electron chi connectivity index (χ1n) is 2.78. The largest absolute Gasteiger partial charge is 0.392 e. The van der Waals surface area contributed by atoms with Crippen molar-refractivity contribution < 1.29 is 5.11 Å². The van der Waals surface area contributed by atoms with E-state index in [2.05, 4.69) is 0 Å². The summed E-state index contributed by atoms with van der Waals surface area (Å²) in [5.41, 5.74) is 1.55. The van der Waals surface area contributed by atoms with Gasteiger partial charge in [-0.3, -0.25) is 0 Å². The molecule has 1 nitrogen and oxygen atoms in total. The van der Waals surface area contributed by atoms with Gasteiger partial charge in [-0.1, -0.05) is 24.3 Å². The van der Waals surface area contributed by atoms with E-state index in [1.54, 1.807) is 12.1 Å². The van der Waals surface area contributed by atoms with E-state index in [9.17, 15) is 0 Å². The highest BCUT2D eigenvalue weighted by Crippen LogP contribution is 2.02. The van der Waals surface area contributed by atoms with Gasteiger partial charge in [0.1, 0.15) is 0 Å². The summed E-state index contributed by atoms with van der Waals surface area (Å²) in [7, 11) is 0. The molecule has 0 bridgehead atoms. The molecule has 1 heteroatoms. The third-order valence-corrected chi connectivity index (χ3v) is 1.13. The van der Waals surface area contributed by atoms with Gasteiger partial charge in [-0.2, -0.15) is 0 Å². The molecule has 0 saturated carbocycles. The van der Waals surface area contributed by atoms with Crippen LogP contribution in [0.25, 0.3) is 0 Å². The molecular formula is C8H8O. The second-order valence-electron chi connectivity index (χ2n) is 1.90. The van der Waals surface area contributed by atoms with Gasteiger partial charge in [-0.15, -0.1) is 0 Å². The maximum atomic E-state index is 8.61. The number of hydrogen-bond acceptors (Lipinski definition) is 1. The Kier molecular flexibility index (Phi) is 1.85. The quantitative estimate of drug-likeness (QED) is 0.591. The monoisotopic (exact) mass is 120 g/mol. The van der Waals surface area contributed by atoms with Gasteiger partial charge in [0.05, 0.1) is 6.61 Å². The zero-order chi connectivity index (χ0) is 6.69. The summed E-state index contributed by atoms with van der Waals surface area (Å²) in [6.07, 6.45) is 0. The molecule has 0 amide bonds. The van der Waals surface area contributed by atoms with Crippen molar-refractivity contribution in [1.82, 2.24) is 0 Å². The minimum Gasteiger partial charge on any atom is -0.392 e. The predicted molar refractivity (Wildman–Crippen MR) is 35.8 cm³/mol. The van der Waals surface area contributed by atoms with Crippen LogP contribution in [0.4, 0.5) is 0 Å². The molecule has 2 radical (unpaired) electrons. The predicted octanol–water partition coefficient (Wildman–Crippen LogP) is 1.24. The van der Waals surface area contributed by atoms with Gasteiger partial charge in [-0.05, 0) is 18.1 Å². The molecule has 0 aliphatic rings. The Labute approximate surface area is 55.0 Å². The number of benzene rings is 1. The average molecular weight is 120 g/mol. The Morgan fingerprint density at radius 3 is 2.67 bits per heavy atom. The number of rotatable bonds is 1. The zero-order valence-electron chi connectivity index (χ0n) is 5.04. The second kappa shape index (κ2) is 2.65. The average Bonchev–Trinajstić information content (AvgIpc) is 1.88. The minimum absolute atomic E-state index is 0.0606. The van der Waals surface area contributed by atoms with E-state index in [1.807, 2.05) is 12.1 Å². The van der Waals surface area contributed by atoms with E-state index in [-0.39, 0.29) is 6.61 Å². The Balaban J connectivity index is 2.94. The van der Waals surface area contributed by atoms with Crippen LogP contribution in [0.15, 0.2) is 24.3 Å². The van der Waals surface area contributed by atoms with Crippen LogP contribution in [-0.4, -0.2) is 5.11 Å². The van der Waals surface area contributed by atoms with E-state index in [4.69, 9.17) is 12.0 Å². The molecule has 0 spiro atoms. The van der Waals surface area contributed by atoms with Crippen molar-refractivity contribution in [3.8, 4) is 0 Å². The maximum absolute atomic E-state index is 8.61. The third kappa shape index (κ3) is 1.54. The lowest BCUT2D eigenvalue weighted by atomic mass is 10.1. The maximum Gasteiger partial charge on any atom is 0.0681 e. The van der Waals surface area contributed by atoms with Crippen LogP contribution < -0.4 is 0 Å². The van der Waals surface area contributed by atoms with Crippen molar-refractivity contribution >= 4 is 0 Å². The summed E-state index contributed by atoms with van der Waals surface area (Å²) in [5.74, 6) is 0. The highest BCUT2D eigenvalue weighted by atomic mass is 16.3. The van der Waals surface area contributed by atoms with E-state index in [1.165, 1.54) is 0 Å². The van der Waals surface area contributed by atoms with Crippen LogP contribution >= 0.6 is 0 Å². The van der Waals surface area contributed by atoms with Gasteiger partial charge < -0.3 is 5.11 Å². The number of aliphatic hydroxyl groups is 1. The molecule has 9 heavy (non-hydrogen) atoms. The van der Waals surface area contributed by atoms with E-state index >= 15 is 0 Å². The Hall–Kier alpha value is -0.820. The first-order valence-corrected chi connectivity index (χ1v) is 2.78. The lowest BCUT2D eigenvalue weighted by Gasteiger charge is -1.94. The van der Waals surface area contributed by atoms with Crippen LogP contribution in [0.2, 0.25) is 0 Å². The number of hydrogen-bond donors (Lipinski definition) is 1.